The Balaban J connectivity index is 1.41. The van der Waals surface area contributed by atoms with E-state index in [0.29, 0.717) is 24.5 Å². The summed E-state index contributed by atoms with van der Waals surface area (Å²) in [5, 5.41) is 2.97. The fourth-order valence-electron chi connectivity index (χ4n) is 3.62. The number of para-hydroxylation sites is 2. The summed E-state index contributed by atoms with van der Waals surface area (Å²) in [7, 11) is 3.24. The highest BCUT2D eigenvalue weighted by Gasteiger charge is 2.12. The van der Waals surface area contributed by atoms with Gasteiger partial charge in [0.15, 0.2) is 0 Å². The molecule has 0 aliphatic heterocycles. The largest absolute Gasteiger partial charge is 0.497 e. The van der Waals surface area contributed by atoms with Crippen LogP contribution in [0, 0.1) is 0 Å². The van der Waals surface area contributed by atoms with Gasteiger partial charge in [0, 0.05) is 18.2 Å². The molecule has 1 N–H and O–H groups in total. The number of carbonyl (C=O) groups excluding carboxylic acids is 1. The molecule has 0 bridgehead atoms. The highest BCUT2D eigenvalue weighted by Crippen LogP contribution is 2.20. The average Bonchev–Trinajstić information content (AvgIpc) is 3.22. The Morgan fingerprint density at radius 2 is 1.67 bits per heavy atom. The molecule has 4 aromatic rings. The maximum absolute atomic E-state index is 12.6. The van der Waals surface area contributed by atoms with Crippen molar-refractivity contribution < 1.29 is 19.0 Å². The van der Waals surface area contributed by atoms with Crippen LogP contribution in [0.5, 0.6) is 17.2 Å². The molecule has 7 heteroatoms. The fourth-order valence-corrected chi connectivity index (χ4v) is 3.62. The predicted octanol–water partition coefficient (Wildman–Crippen LogP) is 4.45. The van der Waals surface area contributed by atoms with Gasteiger partial charge in [0.2, 0.25) is 0 Å². The molecule has 0 saturated heterocycles. The highest BCUT2D eigenvalue weighted by molar-refractivity contribution is 5.94. The molecular formula is C26H27N3O4. The molecule has 4 rings (SSSR count). The number of rotatable bonds is 10. The van der Waals surface area contributed by atoms with Crippen LogP contribution in [-0.4, -0.2) is 36.3 Å². The van der Waals surface area contributed by atoms with E-state index >= 15 is 0 Å². The Kier molecular flexibility index (Phi) is 7.09. The molecule has 3 aromatic carbocycles. The molecule has 0 radical (unpaired) electrons. The minimum Gasteiger partial charge on any atom is -0.497 e. The van der Waals surface area contributed by atoms with Crippen molar-refractivity contribution in [3.8, 4) is 17.2 Å². The van der Waals surface area contributed by atoms with Crippen LogP contribution in [0.3, 0.4) is 0 Å². The second kappa shape index (κ2) is 10.5. The van der Waals surface area contributed by atoms with E-state index in [9.17, 15) is 4.79 Å². The first-order valence-corrected chi connectivity index (χ1v) is 10.8. The van der Waals surface area contributed by atoms with E-state index in [-0.39, 0.29) is 5.91 Å². The lowest BCUT2D eigenvalue weighted by Crippen LogP contribution is -2.25. The summed E-state index contributed by atoms with van der Waals surface area (Å²) in [6, 6.07) is 22.6. The average molecular weight is 446 g/mol. The van der Waals surface area contributed by atoms with Crippen LogP contribution in [0.4, 0.5) is 0 Å². The summed E-state index contributed by atoms with van der Waals surface area (Å²) in [5.41, 5.74) is 2.51. The van der Waals surface area contributed by atoms with Crippen LogP contribution >= 0.6 is 0 Å². The Labute approximate surface area is 192 Å². The normalized spacial score (nSPS) is 10.7. The Morgan fingerprint density at radius 3 is 2.45 bits per heavy atom. The van der Waals surface area contributed by atoms with E-state index in [1.807, 2.05) is 48.5 Å². The molecular weight excluding hydrogens is 418 g/mol. The van der Waals surface area contributed by atoms with Gasteiger partial charge in [0.05, 0.1) is 38.4 Å². The second-order valence-electron chi connectivity index (χ2n) is 7.46. The van der Waals surface area contributed by atoms with E-state index in [4.69, 9.17) is 19.2 Å². The second-order valence-corrected chi connectivity index (χ2v) is 7.46. The molecule has 7 nitrogen and oxygen atoms in total. The lowest BCUT2D eigenvalue weighted by atomic mass is 10.2. The number of nitrogens with zero attached hydrogens (tertiary/aromatic N) is 2. The number of ether oxygens (including phenoxy) is 3. The Bertz CT molecular complexity index is 1220. The zero-order chi connectivity index (χ0) is 23.0. The molecule has 0 atom stereocenters. The molecule has 170 valence electrons. The van der Waals surface area contributed by atoms with Crippen molar-refractivity contribution in [2.45, 2.75) is 19.5 Å². The number of aryl methyl sites for hydroxylation is 1. The van der Waals surface area contributed by atoms with E-state index in [1.54, 1.807) is 38.5 Å². The van der Waals surface area contributed by atoms with E-state index in [2.05, 4.69) is 9.88 Å². The van der Waals surface area contributed by atoms with Crippen molar-refractivity contribution in [3.05, 3.63) is 84.2 Å². The number of benzene rings is 3. The molecule has 0 aliphatic rings. The van der Waals surface area contributed by atoms with Crippen LogP contribution in [0.25, 0.3) is 11.0 Å². The minimum absolute atomic E-state index is 0.155. The number of hydrogen-bond donors (Lipinski definition) is 1. The molecule has 1 aromatic heterocycles. The number of nitrogens with one attached hydrogen (secondary N) is 1. The molecule has 0 spiro atoms. The van der Waals surface area contributed by atoms with Gasteiger partial charge in [-0.25, -0.2) is 4.98 Å². The lowest BCUT2D eigenvalue weighted by molar-refractivity contribution is 0.0949. The smallest absolute Gasteiger partial charge is 0.251 e. The number of aromatic nitrogens is 2. The van der Waals surface area contributed by atoms with Crippen molar-refractivity contribution in [2.75, 3.05) is 20.8 Å². The van der Waals surface area contributed by atoms with Crippen LogP contribution in [0.1, 0.15) is 22.6 Å². The number of imidazole rings is 1. The SMILES string of the molecule is COc1ccc(C(=O)NCc2nc3ccccc3n2CCCOc2cccc(OC)c2)cc1. The third kappa shape index (κ3) is 5.44. The molecule has 1 amide bonds. The molecule has 0 unspecified atom stereocenters. The highest BCUT2D eigenvalue weighted by atomic mass is 16.5. The maximum atomic E-state index is 12.6. The topological polar surface area (TPSA) is 74.6 Å². The Morgan fingerprint density at radius 1 is 0.909 bits per heavy atom. The van der Waals surface area contributed by atoms with Crippen molar-refractivity contribution in [2.24, 2.45) is 0 Å². The van der Waals surface area contributed by atoms with E-state index in [1.165, 1.54) is 0 Å². The van der Waals surface area contributed by atoms with Gasteiger partial charge < -0.3 is 24.1 Å². The number of hydrogen-bond acceptors (Lipinski definition) is 5. The third-order valence-corrected chi connectivity index (χ3v) is 5.33. The van der Waals surface area contributed by atoms with Crippen LogP contribution < -0.4 is 19.5 Å². The van der Waals surface area contributed by atoms with Gasteiger partial charge in [0.1, 0.15) is 23.1 Å². The van der Waals surface area contributed by atoms with Crippen LogP contribution in [-0.2, 0) is 13.1 Å². The van der Waals surface area contributed by atoms with Crippen molar-refractivity contribution in [1.29, 1.82) is 0 Å². The first-order chi connectivity index (χ1) is 16.2. The summed E-state index contributed by atoms with van der Waals surface area (Å²) in [5.74, 6) is 2.90. The van der Waals surface area contributed by atoms with Crippen molar-refractivity contribution in [3.63, 3.8) is 0 Å². The molecule has 1 heterocycles. The predicted molar refractivity (Wildman–Crippen MR) is 127 cm³/mol. The molecule has 0 saturated carbocycles. The summed E-state index contributed by atoms with van der Waals surface area (Å²) in [6.45, 7) is 1.60. The van der Waals surface area contributed by atoms with E-state index in [0.717, 1.165) is 41.3 Å². The van der Waals surface area contributed by atoms with Gasteiger partial charge in [-0.15, -0.1) is 0 Å². The molecule has 0 fully saturated rings. The maximum Gasteiger partial charge on any atom is 0.251 e. The van der Waals surface area contributed by atoms with Gasteiger partial charge in [-0.3, -0.25) is 4.79 Å². The van der Waals surface area contributed by atoms with Crippen LogP contribution in [0.15, 0.2) is 72.8 Å². The van der Waals surface area contributed by atoms with Crippen LogP contribution in [0.2, 0.25) is 0 Å². The number of methoxy groups -OCH3 is 2. The molecule has 0 aliphatic carbocycles. The van der Waals surface area contributed by atoms with Gasteiger partial charge in [-0.2, -0.15) is 0 Å². The van der Waals surface area contributed by atoms with Gasteiger partial charge in [-0.05, 0) is 55.0 Å². The van der Waals surface area contributed by atoms with Gasteiger partial charge in [0.25, 0.3) is 5.91 Å². The first kappa shape index (κ1) is 22.2. The quantitative estimate of drug-likeness (QED) is 0.365. The zero-order valence-electron chi connectivity index (χ0n) is 18.8. The lowest BCUT2D eigenvalue weighted by Gasteiger charge is -2.12. The third-order valence-electron chi connectivity index (χ3n) is 5.33. The van der Waals surface area contributed by atoms with Crippen molar-refractivity contribution >= 4 is 16.9 Å². The van der Waals surface area contributed by atoms with Crippen molar-refractivity contribution in [1.82, 2.24) is 14.9 Å². The number of carbonyl (C=O) groups is 1. The zero-order valence-corrected chi connectivity index (χ0v) is 18.8. The molecule has 33 heavy (non-hydrogen) atoms. The fraction of sp³-hybridized carbons (Fsp3) is 0.231. The number of fused-ring (bicyclic) bond motifs is 1. The summed E-state index contributed by atoms with van der Waals surface area (Å²) in [6.07, 6.45) is 0.789. The monoisotopic (exact) mass is 445 g/mol. The summed E-state index contributed by atoms with van der Waals surface area (Å²) >= 11 is 0. The van der Waals surface area contributed by atoms with Gasteiger partial charge >= 0.3 is 0 Å². The van der Waals surface area contributed by atoms with Gasteiger partial charge in [-0.1, -0.05) is 18.2 Å². The summed E-state index contributed by atoms with van der Waals surface area (Å²) < 4.78 is 18.4. The summed E-state index contributed by atoms with van der Waals surface area (Å²) in [4.78, 5) is 17.3. The standard InChI is InChI=1S/C26H27N3O4/c1-31-20-13-11-19(12-14-20)26(30)27-18-25-28-23-9-3-4-10-24(23)29(25)15-6-16-33-22-8-5-7-21(17-22)32-2/h3-5,7-14,17H,6,15-16,18H2,1-2H3,(H,27,30). The minimum atomic E-state index is -0.155. The Hall–Kier alpha value is -4.00. The number of amides is 1. The van der Waals surface area contributed by atoms with E-state index < -0.39 is 0 Å². The first-order valence-electron chi connectivity index (χ1n) is 10.8.